The van der Waals surface area contributed by atoms with Gasteiger partial charge in [-0.25, -0.2) is 24.4 Å². The van der Waals surface area contributed by atoms with Gasteiger partial charge in [-0.3, -0.25) is 0 Å². The van der Waals surface area contributed by atoms with E-state index in [4.69, 9.17) is 24.2 Å². The molecule has 1 aliphatic heterocycles. The number of hydrogen-bond donors (Lipinski definition) is 2. The van der Waals surface area contributed by atoms with Crippen LogP contribution >= 0.6 is 0 Å². The highest BCUT2D eigenvalue weighted by Gasteiger charge is 2.41. The van der Waals surface area contributed by atoms with Crippen molar-refractivity contribution in [3.63, 3.8) is 0 Å². The summed E-state index contributed by atoms with van der Waals surface area (Å²) in [6, 6.07) is 4.98. The van der Waals surface area contributed by atoms with E-state index in [1.165, 1.54) is 0 Å². The molecule has 1 aromatic heterocycles. The second-order valence-electron chi connectivity index (χ2n) is 14.7. The van der Waals surface area contributed by atoms with Crippen LogP contribution in [0.5, 0.6) is 5.88 Å². The Morgan fingerprint density at radius 1 is 1.04 bits per heavy atom. The maximum Gasteiger partial charge on any atom is 0.410 e. The van der Waals surface area contributed by atoms with Gasteiger partial charge in [0.1, 0.15) is 29.5 Å². The van der Waals surface area contributed by atoms with Crippen LogP contribution in [0.4, 0.5) is 9.59 Å². The Hall–Kier alpha value is -3.63. The highest BCUT2D eigenvalue weighted by Crippen LogP contribution is 2.38. The third-order valence-electron chi connectivity index (χ3n) is 8.28. The number of nitrogens with one attached hydrogen (secondary N) is 1. The normalized spacial score (nSPS) is 22.2. The van der Waals surface area contributed by atoms with Crippen LogP contribution in [0.2, 0.25) is 0 Å². The second kappa shape index (κ2) is 13.8. The van der Waals surface area contributed by atoms with Crippen LogP contribution in [0.1, 0.15) is 98.2 Å². The van der Waals surface area contributed by atoms with Gasteiger partial charge in [0.25, 0.3) is 0 Å². The van der Waals surface area contributed by atoms with E-state index in [0.29, 0.717) is 31.2 Å². The molecular formula is C34H50N4O7. The van der Waals surface area contributed by atoms with Gasteiger partial charge in [0.15, 0.2) is 0 Å². The number of alkyl carbamates (subject to hydrolysis) is 1. The fourth-order valence-electron chi connectivity index (χ4n) is 5.72. The van der Waals surface area contributed by atoms with Crippen molar-refractivity contribution >= 4 is 29.2 Å². The highest BCUT2D eigenvalue weighted by atomic mass is 16.6. The zero-order chi connectivity index (χ0) is 33.1. The molecule has 2 heterocycles. The van der Waals surface area contributed by atoms with Crippen molar-refractivity contribution in [3.05, 3.63) is 29.5 Å². The summed E-state index contributed by atoms with van der Waals surface area (Å²) < 4.78 is 17.5. The van der Waals surface area contributed by atoms with Crippen molar-refractivity contribution < 1.29 is 33.7 Å². The van der Waals surface area contributed by atoms with Crippen molar-refractivity contribution in [1.82, 2.24) is 20.2 Å². The van der Waals surface area contributed by atoms with E-state index in [1.807, 2.05) is 52.8 Å². The third-order valence-corrected chi connectivity index (χ3v) is 8.28. The number of nitrogens with zero attached hydrogens (tertiary/aromatic N) is 3. The monoisotopic (exact) mass is 626 g/mol. The maximum atomic E-state index is 12.8. The zero-order valence-electron chi connectivity index (χ0n) is 28.0. The number of unbranched alkanes of at least 4 members (excludes halogenated alkanes) is 2. The van der Waals surface area contributed by atoms with Gasteiger partial charge in [0.2, 0.25) is 5.88 Å². The minimum absolute atomic E-state index is 0.0117. The summed E-state index contributed by atoms with van der Waals surface area (Å²) >= 11 is 0. The van der Waals surface area contributed by atoms with Crippen molar-refractivity contribution in [2.24, 2.45) is 11.3 Å². The number of carbonyl (C=O) groups is 3. The molecule has 45 heavy (non-hydrogen) atoms. The number of ether oxygens (including phenoxy) is 3. The minimum Gasteiger partial charge on any atom is -0.480 e. The number of hydrogen-bond acceptors (Lipinski definition) is 8. The molecule has 11 heteroatoms. The zero-order valence-corrected chi connectivity index (χ0v) is 28.0. The molecule has 2 fully saturated rings. The number of amides is 2. The van der Waals surface area contributed by atoms with E-state index in [0.717, 1.165) is 54.4 Å². The van der Waals surface area contributed by atoms with Crippen molar-refractivity contribution in [2.45, 2.75) is 130 Å². The molecule has 2 N–H and O–H groups in total. The molecule has 4 rings (SSSR count). The number of aromatic nitrogens is 2. The highest BCUT2D eigenvalue weighted by molar-refractivity contribution is 5.80. The Morgan fingerprint density at radius 2 is 1.78 bits per heavy atom. The predicted octanol–water partition coefficient (Wildman–Crippen LogP) is 6.43. The van der Waals surface area contributed by atoms with Gasteiger partial charge in [-0.15, -0.1) is 0 Å². The van der Waals surface area contributed by atoms with Gasteiger partial charge in [-0.1, -0.05) is 39.7 Å². The topological polar surface area (TPSA) is 140 Å². The van der Waals surface area contributed by atoms with Crippen LogP contribution in [0.3, 0.4) is 0 Å². The number of likely N-dealkylation sites (tertiary alicyclic amines) is 1. The fourth-order valence-corrected chi connectivity index (χ4v) is 5.72. The van der Waals surface area contributed by atoms with E-state index in [9.17, 15) is 19.5 Å². The first-order valence-electron chi connectivity index (χ1n) is 16.1. The van der Waals surface area contributed by atoms with E-state index in [2.05, 4.69) is 5.32 Å². The summed E-state index contributed by atoms with van der Waals surface area (Å²) in [6.07, 6.45) is 4.60. The fraction of sp³-hybridized carbons (Fsp3) is 0.676. The van der Waals surface area contributed by atoms with Crippen LogP contribution in [0.15, 0.2) is 18.2 Å². The molecule has 1 saturated heterocycles. The number of aryl methyl sites for hydroxylation is 2. The molecule has 11 nitrogen and oxygen atoms in total. The van der Waals surface area contributed by atoms with Crippen molar-refractivity contribution in [3.8, 4) is 5.88 Å². The first kappa shape index (κ1) is 34.2. The summed E-state index contributed by atoms with van der Waals surface area (Å²) in [4.78, 5) is 48.1. The molecule has 0 unspecified atom stereocenters. The number of aliphatic carboxylic acids is 1. The predicted molar refractivity (Wildman–Crippen MR) is 170 cm³/mol. The first-order valence-corrected chi connectivity index (χ1v) is 16.1. The van der Waals surface area contributed by atoms with Crippen LogP contribution in [0, 0.1) is 18.3 Å². The van der Waals surface area contributed by atoms with Gasteiger partial charge < -0.3 is 29.5 Å². The standard InChI is InChI=1S/C34H50N4O7/c1-20-14-15-24-26(16-20)36-29(43-23-17-21(2)38(19-23)32(42)45-34(6,7)8)25(35-24)13-11-9-10-12-22-18-27(22)44-31(41)37-28(30(39)40)33(3,4)5/h14-16,21-23,27-28H,9-13,17-19H2,1-8H3,(H,37,41)(H,39,40)/t21-,22-,23-,27-,28-/m1/s1. The molecule has 0 radical (unpaired) electrons. The Bertz CT molecular complexity index is 1380. The number of rotatable bonds is 11. The molecule has 5 atom stereocenters. The lowest BCUT2D eigenvalue weighted by Gasteiger charge is -2.27. The van der Waals surface area contributed by atoms with E-state index in [1.54, 1.807) is 25.7 Å². The lowest BCUT2D eigenvalue weighted by atomic mass is 9.87. The summed E-state index contributed by atoms with van der Waals surface area (Å²) in [5.41, 5.74) is 2.33. The lowest BCUT2D eigenvalue weighted by Crippen LogP contribution is -2.49. The molecule has 1 aromatic carbocycles. The number of carbonyl (C=O) groups excluding carboxylic acids is 2. The SMILES string of the molecule is Cc1ccc2nc(CCCCC[C@@H]3C[C@H]3OC(=O)N[C@H](C(=O)O)C(C)(C)C)c(O[C@@H]3C[C@@H](C)N(C(=O)OC(C)(C)C)C3)nc2c1. The number of benzene rings is 1. The van der Waals surface area contributed by atoms with Gasteiger partial charge in [-0.05, 0) is 89.3 Å². The summed E-state index contributed by atoms with van der Waals surface area (Å²) in [5, 5.41) is 11.9. The minimum atomic E-state index is -1.08. The summed E-state index contributed by atoms with van der Waals surface area (Å²) in [5.74, 6) is -0.256. The number of fused-ring (bicyclic) bond motifs is 1. The Kier molecular flexibility index (Phi) is 10.5. The summed E-state index contributed by atoms with van der Waals surface area (Å²) in [6.45, 7) is 15.3. The third kappa shape index (κ3) is 9.68. The quantitative estimate of drug-likeness (QED) is 0.270. The van der Waals surface area contributed by atoms with Gasteiger partial charge in [0, 0.05) is 12.5 Å². The molecule has 1 aliphatic carbocycles. The van der Waals surface area contributed by atoms with Crippen LogP contribution < -0.4 is 10.1 Å². The van der Waals surface area contributed by atoms with E-state index in [-0.39, 0.29) is 24.3 Å². The Morgan fingerprint density at radius 3 is 2.44 bits per heavy atom. The van der Waals surface area contributed by atoms with Crippen molar-refractivity contribution in [2.75, 3.05) is 6.54 Å². The first-order chi connectivity index (χ1) is 21.0. The van der Waals surface area contributed by atoms with E-state index >= 15 is 0 Å². The average Bonchev–Trinajstić information content (AvgIpc) is 3.53. The number of carboxylic acid groups (broad SMARTS) is 1. The molecule has 0 spiro atoms. The van der Waals surface area contributed by atoms with Crippen LogP contribution in [-0.4, -0.2) is 74.6 Å². The van der Waals surface area contributed by atoms with E-state index < -0.39 is 29.1 Å². The number of carboxylic acids is 1. The molecule has 2 amide bonds. The van der Waals surface area contributed by atoms with Crippen molar-refractivity contribution in [1.29, 1.82) is 0 Å². The van der Waals surface area contributed by atoms with Gasteiger partial charge in [-0.2, -0.15) is 0 Å². The van der Waals surface area contributed by atoms with Crippen LogP contribution in [0.25, 0.3) is 11.0 Å². The van der Waals surface area contributed by atoms with Gasteiger partial charge in [0.05, 0.1) is 17.6 Å². The molecule has 2 aromatic rings. The maximum absolute atomic E-state index is 12.8. The lowest BCUT2D eigenvalue weighted by molar-refractivity contribution is -0.142. The van der Waals surface area contributed by atoms with Gasteiger partial charge >= 0.3 is 18.2 Å². The van der Waals surface area contributed by atoms with Crippen LogP contribution in [-0.2, 0) is 20.7 Å². The smallest absolute Gasteiger partial charge is 0.410 e. The largest absolute Gasteiger partial charge is 0.480 e. The average molecular weight is 627 g/mol. The molecule has 1 saturated carbocycles. The molecule has 0 bridgehead atoms. The Balaban J connectivity index is 1.29. The summed E-state index contributed by atoms with van der Waals surface area (Å²) in [7, 11) is 0. The second-order valence-corrected chi connectivity index (χ2v) is 14.7. The Labute approximate surface area is 266 Å². The molecular weight excluding hydrogens is 576 g/mol. The molecule has 248 valence electrons. The molecule has 2 aliphatic rings.